The van der Waals surface area contributed by atoms with Crippen LogP contribution < -0.4 is 0 Å². The summed E-state index contributed by atoms with van der Waals surface area (Å²) < 4.78 is 6.96. The van der Waals surface area contributed by atoms with E-state index in [1.54, 1.807) is 12.0 Å². The minimum absolute atomic E-state index is 0.0788. The summed E-state index contributed by atoms with van der Waals surface area (Å²) in [5, 5.41) is 9.80. The van der Waals surface area contributed by atoms with Crippen molar-refractivity contribution in [1.29, 1.82) is 0 Å². The van der Waals surface area contributed by atoms with Gasteiger partial charge in [0.05, 0.1) is 0 Å². The predicted molar refractivity (Wildman–Crippen MR) is 94.9 cm³/mol. The lowest BCUT2D eigenvalue weighted by Gasteiger charge is -2.42. The van der Waals surface area contributed by atoms with Gasteiger partial charge >= 0.3 is 6.09 Å². The van der Waals surface area contributed by atoms with Crippen LogP contribution in [0.2, 0.25) is 0 Å². The van der Waals surface area contributed by atoms with Crippen molar-refractivity contribution in [3.8, 4) is 0 Å². The molecular weight excluding hydrogens is 393 g/mol. The predicted octanol–water partition coefficient (Wildman–Crippen LogP) is 4.81. The van der Waals surface area contributed by atoms with Crippen LogP contribution in [-0.4, -0.2) is 29.3 Å². The van der Waals surface area contributed by atoms with Crippen LogP contribution in [0.3, 0.4) is 0 Å². The van der Waals surface area contributed by atoms with Crippen LogP contribution in [0.4, 0.5) is 4.79 Å². The third-order valence-electron chi connectivity index (χ3n) is 4.26. The average molecular weight is 417 g/mol. The molecule has 1 fully saturated rings. The highest BCUT2D eigenvalue weighted by Gasteiger charge is 2.49. The number of ether oxygens (including phenoxy) is 1. The Labute approximate surface area is 146 Å². The second-order valence-corrected chi connectivity index (χ2v) is 6.97. The quantitative estimate of drug-likeness (QED) is 0.375. The molecule has 0 bridgehead atoms. The van der Waals surface area contributed by atoms with Crippen molar-refractivity contribution < 1.29 is 14.6 Å². The first-order valence-electron chi connectivity index (χ1n) is 7.89. The van der Waals surface area contributed by atoms with E-state index in [4.69, 9.17) is 4.74 Å². The minimum atomic E-state index is -0.888. The maximum atomic E-state index is 11.9. The molecule has 2 rings (SSSR count). The highest BCUT2D eigenvalue weighted by atomic mass is 127. The zero-order valence-corrected chi connectivity index (χ0v) is 15.4. The molecule has 0 aliphatic heterocycles. The third-order valence-corrected chi connectivity index (χ3v) is 5.20. The van der Waals surface area contributed by atoms with E-state index < -0.39 is 11.8 Å². The Morgan fingerprint density at radius 1 is 1.41 bits per heavy atom. The summed E-state index contributed by atoms with van der Waals surface area (Å²) in [6.07, 6.45) is 4.78. The summed E-state index contributed by atoms with van der Waals surface area (Å²) in [5.41, 5.74) is 0.0865. The Kier molecular flexibility index (Phi) is 6.09. The number of benzene rings is 1. The standard InChI is InChI=1S/C17H24INO3/c1-3-4-7-12-17(22-2,14-8-5-6-9-15(14)18)19(16(20)21)13-10-11-13/h5-6,8-9,13H,3-4,7,10-12H2,1-2H3,(H,20,21)/t17-/m1/s1. The molecule has 0 aromatic heterocycles. The molecule has 1 amide bonds. The molecule has 4 nitrogen and oxygen atoms in total. The van der Waals surface area contributed by atoms with Crippen LogP contribution in [-0.2, 0) is 10.5 Å². The summed E-state index contributed by atoms with van der Waals surface area (Å²) >= 11 is 2.27. The highest BCUT2D eigenvalue weighted by molar-refractivity contribution is 14.1. The Morgan fingerprint density at radius 3 is 2.59 bits per heavy atom. The molecule has 1 aromatic carbocycles. The summed E-state index contributed by atoms with van der Waals surface area (Å²) in [7, 11) is 1.63. The van der Waals surface area contributed by atoms with Gasteiger partial charge in [-0.1, -0.05) is 38.0 Å². The molecule has 22 heavy (non-hydrogen) atoms. The van der Waals surface area contributed by atoms with Crippen molar-refractivity contribution in [3.05, 3.63) is 33.4 Å². The zero-order valence-electron chi connectivity index (χ0n) is 13.2. The molecule has 0 heterocycles. The van der Waals surface area contributed by atoms with Crippen molar-refractivity contribution in [1.82, 2.24) is 4.90 Å². The number of rotatable bonds is 8. The second kappa shape index (κ2) is 7.64. The summed E-state index contributed by atoms with van der Waals surface area (Å²) in [6.45, 7) is 2.15. The van der Waals surface area contributed by atoms with Gasteiger partial charge in [-0.2, -0.15) is 0 Å². The van der Waals surface area contributed by atoms with Gasteiger partial charge in [0, 0.05) is 28.7 Å². The first kappa shape index (κ1) is 17.5. The first-order valence-corrected chi connectivity index (χ1v) is 8.97. The molecule has 0 unspecified atom stereocenters. The molecule has 1 aromatic rings. The Bertz CT molecular complexity index is 518. The third kappa shape index (κ3) is 3.56. The lowest BCUT2D eigenvalue weighted by Crippen LogP contribution is -2.52. The smallest absolute Gasteiger partial charge is 0.410 e. The number of carboxylic acid groups (broad SMARTS) is 1. The van der Waals surface area contributed by atoms with Crippen LogP contribution in [0, 0.1) is 3.57 Å². The van der Waals surface area contributed by atoms with Crippen LogP contribution in [0.25, 0.3) is 0 Å². The number of amides is 1. The molecule has 1 atom stereocenters. The van der Waals surface area contributed by atoms with Gasteiger partial charge in [0.15, 0.2) is 5.72 Å². The molecule has 5 heteroatoms. The van der Waals surface area contributed by atoms with Gasteiger partial charge in [-0.3, -0.25) is 4.90 Å². The fraction of sp³-hybridized carbons (Fsp3) is 0.588. The number of hydrogen-bond donors (Lipinski definition) is 1. The van der Waals surface area contributed by atoms with Crippen molar-refractivity contribution >= 4 is 28.7 Å². The average Bonchev–Trinajstić information content (AvgIpc) is 3.31. The van der Waals surface area contributed by atoms with E-state index in [1.165, 1.54) is 0 Å². The van der Waals surface area contributed by atoms with E-state index in [9.17, 15) is 9.90 Å². The van der Waals surface area contributed by atoms with Crippen LogP contribution in [0.15, 0.2) is 24.3 Å². The fourth-order valence-corrected chi connectivity index (χ4v) is 3.84. The maximum absolute atomic E-state index is 11.9. The van der Waals surface area contributed by atoms with Gasteiger partial charge in [-0.25, -0.2) is 4.79 Å². The van der Waals surface area contributed by atoms with E-state index in [0.29, 0.717) is 6.42 Å². The normalized spacial score (nSPS) is 17.0. The number of nitrogens with zero attached hydrogens (tertiary/aromatic N) is 1. The van der Waals surface area contributed by atoms with Gasteiger partial charge in [-0.05, 0) is 47.9 Å². The Balaban J connectivity index is 2.45. The molecule has 0 spiro atoms. The van der Waals surface area contributed by atoms with Crippen molar-refractivity contribution in [2.75, 3.05) is 7.11 Å². The van der Waals surface area contributed by atoms with Crippen LogP contribution in [0.5, 0.6) is 0 Å². The van der Waals surface area contributed by atoms with Gasteiger partial charge in [-0.15, -0.1) is 0 Å². The number of halogens is 1. The summed E-state index contributed by atoms with van der Waals surface area (Å²) in [6, 6.07) is 8.01. The van der Waals surface area contributed by atoms with E-state index >= 15 is 0 Å². The lowest BCUT2D eigenvalue weighted by molar-refractivity contribution is -0.139. The second-order valence-electron chi connectivity index (χ2n) is 5.81. The highest BCUT2D eigenvalue weighted by Crippen LogP contribution is 2.43. The lowest BCUT2D eigenvalue weighted by atomic mass is 9.94. The van der Waals surface area contributed by atoms with Crippen molar-refractivity contribution in [2.24, 2.45) is 0 Å². The maximum Gasteiger partial charge on any atom is 0.410 e. The number of methoxy groups -OCH3 is 1. The first-order chi connectivity index (χ1) is 10.6. The number of carbonyl (C=O) groups is 1. The fourth-order valence-electron chi connectivity index (χ4n) is 3.03. The van der Waals surface area contributed by atoms with Crippen LogP contribution in [0.1, 0.15) is 51.0 Å². The molecule has 1 aliphatic rings. The summed E-state index contributed by atoms with van der Waals surface area (Å²) in [4.78, 5) is 13.5. The molecule has 1 aliphatic carbocycles. The molecule has 122 valence electrons. The summed E-state index contributed by atoms with van der Waals surface area (Å²) in [5.74, 6) is 0. The molecule has 1 N–H and O–H groups in total. The van der Waals surface area contributed by atoms with E-state index in [1.807, 2.05) is 24.3 Å². The monoisotopic (exact) mass is 417 g/mol. The largest absolute Gasteiger partial charge is 0.465 e. The van der Waals surface area contributed by atoms with Gasteiger partial charge in [0.1, 0.15) is 0 Å². The Hall–Kier alpha value is -0.820. The number of unbranched alkanes of at least 4 members (excludes halogenated alkanes) is 2. The SMILES string of the molecule is CCCCC[C@@](OC)(c1ccccc1I)N(C(=O)O)C1CC1. The van der Waals surface area contributed by atoms with Gasteiger partial charge < -0.3 is 9.84 Å². The van der Waals surface area contributed by atoms with Crippen molar-refractivity contribution in [3.63, 3.8) is 0 Å². The topological polar surface area (TPSA) is 49.8 Å². The van der Waals surface area contributed by atoms with Gasteiger partial charge in [0.2, 0.25) is 0 Å². The zero-order chi connectivity index (χ0) is 16.2. The van der Waals surface area contributed by atoms with E-state index in [2.05, 4.69) is 29.5 Å². The van der Waals surface area contributed by atoms with Crippen molar-refractivity contribution in [2.45, 2.75) is 57.2 Å². The molecule has 0 saturated heterocycles. The molecular formula is C17H24INO3. The molecule has 1 saturated carbocycles. The minimum Gasteiger partial charge on any atom is -0.465 e. The van der Waals surface area contributed by atoms with E-state index in [-0.39, 0.29) is 6.04 Å². The molecule has 0 radical (unpaired) electrons. The van der Waals surface area contributed by atoms with Gasteiger partial charge in [0.25, 0.3) is 0 Å². The Morgan fingerprint density at radius 2 is 2.09 bits per heavy atom. The van der Waals surface area contributed by atoms with E-state index in [0.717, 1.165) is 41.2 Å². The number of hydrogen-bond acceptors (Lipinski definition) is 2. The van der Waals surface area contributed by atoms with Crippen LogP contribution >= 0.6 is 22.6 Å².